The van der Waals surface area contributed by atoms with Crippen molar-refractivity contribution in [1.29, 1.82) is 0 Å². The third-order valence-electron chi connectivity index (χ3n) is 9.33. The Morgan fingerprint density at radius 3 is 2.33 bits per heavy atom. The summed E-state index contributed by atoms with van der Waals surface area (Å²) in [6.45, 7) is 3.23. The molecule has 5 amide bonds. The molecule has 3 heterocycles. The highest BCUT2D eigenvalue weighted by Gasteiger charge is 2.36. The number of hydrogen-bond donors (Lipinski definition) is 2. The molecule has 0 spiro atoms. The smallest absolute Gasteiger partial charge is 0.409 e. The monoisotopic (exact) mass is 709 g/mol. The molecule has 1 aromatic carbocycles. The Morgan fingerprint density at radius 2 is 1.67 bits per heavy atom. The van der Waals surface area contributed by atoms with E-state index >= 15 is 0 Å². The first-order valence-electron chi connectivity index (χ1n) is 17.6. The number of nitrogens with one attached hydrogen (secondary N) is 2. The molecule has 2 unspecified atom stereocenters. The van der Waals surface area contributed by atoms with Crippen molar-refractivity contribution in [3.63, 3.8) is 0 Å². The number of benzene rings is 1. The molecule has 1 aliphatic carbocycles. The Hall–Kier alpha value is -5.15. The van der Waals surface area contributed by atoms with Crippen molar-refractivity contribution in [3.05, 3.63) is 42.1 Å². The minimum Gasteiger partial charge on any atom is -0.469 e. The van der Waals surface area contributed by atoms with E-state index in [0.29, 0.717) is 38.1 Å². The van der Waals surface area contributed by atoms with Gasteiger partial charge < -0.3 is 39.5 Å². The van der Waals surface area contributed by atoms with Gasteiger partial charge in [0.2, 0.25) is 17.7 Å². The number of piperazine rings is 1. The molecule has 51 heavy (non-hydrogen) atoms. The zero-order valence-corrected chi connectivity index (χ0v) is 29.2. The van der Waals surface area contributed by atoms with Gasteiger partial charge in [0.1, 0.15) is 12.1 Å². The number of para-hydroxylation sites is 1. The van der Waals surface area contributed by atoms with Crippen molar-refractivity contribution in [3.8, 4) is 11.6 Å². The van der Waals surface area contributed by atoms with Crippen LogP contribution >= 0.6 is 0 Å². The number of aromatic nitrogens is 2. The van der Waals surface area contributed by atoms with Crippen molar-refractivity contribution in [1.82, 2.24) is 35.1 Å². The molecule has 16 heteroatoms. The number of hydrogen-bond acceptors (Lipinski definition) is 10. The van der Waals surface area contributed by atoms with Crippen molar-refractivity contribution in [2.24, 2.45) is 0 Å². The number of nitrogens with zero attached hydrogens (tertiary/aromatic N) is 5. The normalized spacial score (nSPS) is 18.0. The summed E-state index contributed by atoms with van der Waals surface area (Å²) < 4.78 is 17.3. The number of carbonyl (C=O) groups is 6. The maximum Gasteiger partial charge on any atom is 0.409 e. The molecule has 2 atom stereocenters. The van der Waals surface area contributed by atoms with Crippen LogP contribution in [-0.4, -0.2) is 131 Å². The zero-order valence-electron chi connectivity index (χ0n) is 29.2. The molecule has 2 saturated heterocycles. The highest BCUT2D eigenvalue weighted by atomic mass is 16.6. The fraction of sp³-hybridized carbons (Fsp3) is 0.571. The first-order valence-corrected chi connectivity index (χ1v) is 17.6. The lowest BCUT2D eigenvalue weighted by Crippen LogP contribution is -2.56. The van der Waals surface area contributed by atoms with Crippen LogP contribution < -0.4 is 15.4 Å². The van der Waals surface area contributed by atoms with Crippen molar-refractivity contribution >= 4 is 35.7 Å². The van der Waals surface area contributed by atoms with Crippen LogP contribution in [0, 0.1) is 0 Å². The lowest BCUT2D eigenvalue weighted by molar-refractivity contribution is -0.141. The van der Waals surface area contributed by atoms with Crippen molar-refractivity contribution in [2.45, 2.75) is 76.4 Å². The van der Waals surface area contributed by atoms with E-state index < -0.39 is 36.0 Å². The van der Waals surface area contributed by atoms with Gasteiger partial charge in [0.25, 0.3) is 11.8 Å². The lowest BCUT2D eigenvalue weighted by atomic mass is 9.93. The third-order valence-corrected chi connectivity index (χ3v) is 9.33. The standard InChI is InChI=1S/C35H47N7O9/c1-3-21-50-35(48)40-19-17-39(18-20-40)34(47)26(14-15-31(44)49-2)37-32(45)27-22-30(42(38-27)25-11-5-4-6-12-25)51-23-29(43)41-16-8-13-28(41)33(46)36-24-9-7-10-24/h4-6,11-12,22,24,26,28H,3,7-10,13-21,23H2,1-2H3,(H,36,46)(H,37,45). The largest absolute Gasteiger partial charge is 0.469 e. The quantitative estimate of drug-likeness (QED) is 0.274. The van der Waals surface area contributed by atoms with Gasteiger partial charge in [-0.15, -0.1) is 0 Å². The lowest BCUT2D eigenvalue weighted by Gasteiger charge is -2.36. The molecule has 5 rings (SSSR count). The highest BCUT2D eigenvalue weighted by molar-refractivity contribution is 5.96. The van der Waals surface area contributed by atoms with Gasteiger partial charge in [-0.05, 0) is 57.1 Å². The van der Waals surface area contributed by atoms with Crippen LogP contribution in [-0.2, 0) is 28.7 Å². The number of carbonyl (C=O) groups excluding carboxylic acids is 6. The SMILES string of the molecule is CCCOC(=O)N1CCN(C(=O)C(CCC(=O)OC)NC(=O)c2cc(OCC(=O)N3CCCC3C(=O)NC3CCC3)n(-c3ccccc3)n2)CC1. The molecular weight excluding hydrogens is 662 g/mol. The average molecular weight is 710 g/mol. The van der Waals surface area contributed by atoms with Crippen LogP contribution in [0.2, 0.25) is 0 Å². The first kappa shape index (κ1) is 37.1. The second-order valence-electron chi connectivity index (χ2n) is 12.9. The Labute approximate surface area is 296 Å². The van der Waals surface area contributed by atoms with E-state index in [2.05, 4.69) is 15.7 Å². The Kier molecular flexibility index (Phi) is 12.9. The Morgan fingerprint density at radius 1 is 0.941 bits per heavy atom. The van der Waals surface area contributed by atoms with Crippen molar-refractivity contribution in [2.75, 3.05) is 53.0 Å². The molecule has 3 aliphatic rings. The second-order valence-corrected chi connectivity index (χ2v) is 12.9. The molecule has 2 aliphatic heterocycles. The molecular formula is C35H47N7O9. The van der Waals surface area contributed by atoms with Gasteiger partial charge in [-0.3, -0.25) is 24.0 Å². The molecule has 2 N–H and O–H groups in total. The number of ether oxygens (including phenoxy) is 3. The summed E-state index contributed by atoms with van der Waals surface area (Å²) in [7, 11) is 1.24. The summed E-state index contributed by atoms with van der Waals surface area (Å²) in [5, 5.41) is 10.2. The predicted molar refractivity (Wildman–Crippen MR) is 182 cm³/mol. The molecule has 0 bridgehead atoms. The summed E-state index contributed by atoms with van der Waals surface area (Å²) in [5.41, 5.74) is 0.478. The number of likely N-dealkylation sites (tertiary alicyclic amines) is 1. The molecule has 3 fully saturated rings. The van der Waals surface area contributed by atoms with E-state index in [9.17, 15) is 28.8 Å². The van der Waals surface area contributed by atoms with Crippen LogP contribution in [0.5, 0.6) is 5.88 Å². The van der Waals surface area contributed by atoms with Crippen LogP contribution in [0.1, 0.15) is 68.8 Å². The predicted octanol–water partition coefficient (Wildman–Crippen LogP) is 1.65. The van der Waals surface area contributed by atoms with Gasteiger partial charge in [0, 0.05) is 51.3 Å². The Balaban J connectivity index is 1.27. The summed E-state index contributed by atoms with van der Waals surface area (Å²) in [6, 6.07) is 8.79. The maximum absolute atomic E-state index is 13.7. The average Bonchev–Trinajstić information content (AvgIpc) is 3.81. The molecule has 276 valence electrons. The van der Waals surface area contributed by atoms with E-state index in [0.717, 1.165) is 19.3 Å². The Bertz CT molecular complexity index is 1550. The third kappa shape index (κ3) is 9.55. The highest BCUT2D eigenvalue weighted by Crippen LogP contribution is 2.24. The van der Waals surface area contributed by atoms with Gasteiger partial charge in [0.15, 0.2) is 12.3 Å². The van der Waals surface area contributed by atoms with E-state index in [-0.39, 0.29) is 75.1 Å². The summed E-state index contributed by atoms with van der Waals surface area (Å²) in [5.74, 6) is -2.05. The van der Waals surface area contributed by atoms with Gasteiger partial charge in [-0.1, -0.05) is 25.1 Å². The maximum atomic E-state index is 13.7. The second kappa shape index (κ2) is 17.7. The number of rotatable bonds is 14. The molecule has 16 nitrogen and oxygen atoms in total. The zero-order chi connectivity index (χ0) is 36.3. The van der Waals surface area contributed by atoms with Crippen LogP contribution in [0.4, 0.5) is 4.79 Å². The van der Waals surface area contributed by atoms with E-state index in [4.69, 9.17) is 14.2 Å². The fourth-order valence-electron chi connectivity index (χ4n) is 6.20. The van der Waals surface area contributed by atoms with Gasteiger partial charge in [0.05, 0.1) is 19.4 Å². The summed E-state index contributed by atoms with van der Waals surface area (Å²) in [6.07, 6.45) is 4.36. The molecule has 2 aromatic rings. The topological polar surface area (TPSA) is 182 Å². The molecule has 1 saturated carbocycles. The number of esters is 1. The van der Waals surface area contributed by atoms with Crippen LogP contribution in [0.25, 0.3) is 5.69 Å². The minimum atomic E-state index is -1.10. The minimum absolute atomic E-state index is 0.0292. The number of methoxy groups -OCH3 is 1. The van der Waals surface area contributed by atoms with Gasteiger partial charge >= 0.3 is 12.1 Å². The number of amides is 5. The summed E-state index contributed by atoms with van der Waals surface area (Å²) in [4.78, 5) is 82.4. The van der Waals surface area contributed by atoms with E-state index in [1.165, 1.54) is 32.6 Å². The van der Waals surface area contributed by atoms with Gasteiger partial charge in [-0.25, -0.2) is 9.48 Å². The van der Waals surface area contributed by atoms with E-state index in [1.807, 2.05) is 13.0 Å². The summed E-state index contributed by atoms with van der Waals surface area (Å²) >= 11 is 0. The van der Waals surface area contributed by atoms with Gasteiger partial charge in [-0.2, -0.15) is 5.10 Å². The molecule has 0 radical (unpaired) electrons. The first-order chi connectivity index (χ1) is 24.7. The van der Waals surface area contributed by atoms with E-state index in [1.54, 1.807) is 24.3 Å². The van der Waals surface area contributed by atoms with Crippen LogP contribution in [0.15, 0.2) is 36.4 Å². The fourth-order valence-corrected chi connectivity index (χ4v) is 6.20. The van der Waals surface area contributed by atoms with Crippen molar-refractivity contribution < 1.29 is 43.0 Å². The van der Waals surface area contributed by atoms with Crippen LogP contribution in [0.3, 0.4) is 0 Å². The molecule has 1 aromatic heterocycles.